The predicted molar refractivity (Wildman–Crippen MR) is 99.9 cm³/mol. The number of carbonyl (C=O) groups excluding carboxylic acids is 1. The van der Waals surface area contributed by atoms with E-state index in [1.807, 2.05) is 6.07 Å². The molecule has 138 valence electrons. The van der Waals surface area contributed by atoms with Crippen LogP contribution in [-0.2, 0) is 12.0 Å². The van der Waals surface area contributed by atoms with E-state index >= 15 is 0 Å². The first-order chi connectivity index (χ1) is 12.4. The molecule has 0 unspecified atom stereocenters. The lowest BCUT2D eigenvalue weighted by Crippen LogP contribution is -2.40. The van der Waals surface area contributed by atoms with E-state index in [1.54, 1.807) is 24.1 Å². The highest BCUT2D eigenvalue weighted by atomic mass is 19.1. The summed E-state index contributed by atoms with van der Waals surface area (Å²) in [5.74, 6) is -0.218. The molecule has 1 aliphatic rings. The molecule has 1 aliphatic carbocycles. The number of nitrogens with one attached hydrogen (secondary N) is 1. The highest BCUT2D eigenvalue weighted by molar-refractivity contribution is 5.74. The fourth-order valence-corrected chi connectivity index (χ4v) is 3.39. The quantitative estimate of drug-likeness (QED) is 0.849. The molecule has 26 heavy (non-hydrogen) atoms. The zero-order valence-corrected chi connectivity index (χ0v) is 15.5. The van der Waals surface area contributed by atoms with Crippen molar-refractivity contribution in [3.63, 3.8) is 0 Å². The van der Waals surface area contributed by atoms with E-state index in [0.717, 1.165) is 18.4 Å². The fourth-order valence-electron chi connectivity index (χ4n) is 3.39. The van der Waals surface area contributed by atoms with Crippen molar-refractivity contribution in [3.05, 3.63) is 65.0 Å². The third-order valence-electron chi connectivity index (χ3n) is 5.13. The van der Waals surface area contributed by atoms with Crippen molar-refractivity contribution in [2.75, 3.05) is 20.7 Å². The second kappa shape index (κ2) is 7.36. The van der Waals surface area contributed by atoms with Gasteiger partial charge in [0.15, 0.2) is 11.6 Å². The zero-order valence-electron chi connectivity index (χ0n) is 15.5. The monoisotopic (exact) mass is 356 g/mol. The van der Waals surface area contributed by atoms with Gasteiger partial charge in [-0.15, -0.1) is 0 Å². The maximum Gasteiger partial charge on any atom is 0.317 e. The molecule has 0 radical (unpaired) electrons. The Bertz CT molecular complexity index is 802. The summed E-state index contributed by atoms with van der Waals surface area (Å²) in [6.45, 7) is 3.07. The lowest BCUT2D eigenvalue weighted by molar-refractivity contribution is 0.205. The van der Waals surface area contributed by atoms with Gasteiger partial charge in [-0.3, -0.25) is 0 Å². The Morgan fingerprint density at radius 1 is 1.27 bits per heavy atom. The molecule has 0 atom stereocenters. The number of rotatable bonds is 6. The molecule has 3 rings (SSSR count). The Hall–Kier alpha value is -2.56. The van der Waals surface area contributed by atoms with Crippen LogP contribution in [0.1, 0.15) is 29.5 Å². The molecule has 2 aromatic carbocycles. The van der Waals surface area contributed by atoms with Gasteiger partial charge in [0, 0.05) is 25.6 Å². The summed E-state index contributed by atoms with van der Waals surface area (Å²) >= 11 is 0. The number of halogens is 1. The van der Waals surface area contributed by atoms with Crippen molar-refractivity contribution in [1.29, 1.82) is 0 Å². The molecule has 0 saturated heterocycles. The molecule has 0 aliphatic heterocycles. The molecular weight excluding hydrogens is 331 g/mol. The third-order valence-corrected chi connectivity index (χ3v) is 5.13. The highest BCUT2D eigenvalue weighted by Crippen LogP contribution is 2.48. The smallest absolute Gasteiger partial charge is 0.317 e. The molecule has 1 fully saturated rings. The van der Waals surface area contributed by atoms with E-state index < -0.39 is 5.82 Å². The first kappa shape index (κ1) is 18.2. The first-order valence-electron chi connectivity index (χ1n) is 8.83. The van der Waals surface area contributed by atoms with Gasteiger partial charge in [0.2, 0.25) is 0 Å². The molecule has 1 saturated carbocycles. The van der Waals surface area contributed by atoms with Crippen LogP contribution in [0.15, 0.2) is 42.5 Å². The number of carbonyl (C=O) groups is 1. The highest BCUT2D eigenvalue weighted by Gasteiger charge is 2.45. The number of aryl methyl sites for hydroxylation is 1. The van der Waals surface area contributed by atoms with Crippen molar-refractivity contribution in [3.8, 4) is 5.75 Å². The van der Waals surface area contributed by atoms with Gasteiger partial charge < -0.3 is 15.0 Å². The second-order valence-corrected chi connectivity index (χ2v) is 7.08. The maximum absolute atomic E-state index is 13.8. The molecule has 0 aromatic heterocycles. The molecular formula is C21H25FN2O2. The number of ether oxygens (including phenoxy) is 1. The lowest BCUT2D eigenvalue weighted by atomic mass is 9.92. The number of hydrogen-bond acceptors (Lipinski definition) is 2. The summed E-state index contributed by atoms with van der Waals surface area (Å²) in [6.07, 6.45) is 2.18. The van der Waals surface area contributed by atoms with Gasteiger partial charge in [-0.05, 0) is 48.6 Å². The van der Waals surface area contributed by atoms with Gasteiger partial charge in [0.25, 0.3) is 0 Å². The summed E-state index contributed by atoms with van der Waals surface area (Å²) in [5, 5.41) is 3.04. The molecule has 2 aromatic rings. The lowest BCUT2D eigenvalue weighted by Gasteiger charge is -2.22. The van der Waals surface area contributed by atoms with E-state index in [4.69, 9.17) is 4.74 Å². The van der Waals surface area contributed by atoms with Gasteiger partial charge in [0.1, 0.15) is 0 Å². The van der Waals surface area contributed by atoms with Crippen LogP contribution in [0.2, 0.25) is 0 Å². The largest absolute Gasteiger partial charge is 0.494 e. The molecule has 2 amide bonds. The molecule has 4 nitrogen and oxygen atoms in total. The minimum absolute atomic E-state index is 0.0636. The number of nitrogens with zero attached hydrogens (tertiary/aromatic N) is 1. The van der Waals surface area contributed by atoms with Crippen molar-refractivity contribution in [2.24, 2.45) is 0 Å². The Morgan fingerprint density at radius 2 is 2.00 bits per heavy atom. The van der Waals surface area contributed by atoms with Crippen LogP contribution in [0.3, 0.4) is 0 Å². The second-order valence-electron chi connectivity index (χ2n) is 7.08. The van der Waals surface area contributed by atoms with Gasteiger partial charge >= 0.3 is 6.03 Å². The standard InChI is InChI=1S/C21H25FN2O2/c1-15-6-4-5-7-17(15)21(10-11-21)14-23-20(25)24(2)13-16-8-9-19(26-3)18(22)12-16/h4-9,12H,10-11,13-14H2,1-3H3,(H,23,25). The van der Waals surface area contributed by atoms with Crippen molar-refractivity contribution >= 4 is 6.03 Å². The summed E-state index contributed by atoms with van der Waals surface area (Å²) in [5.41, 5.74) is 3.37. The molecule has 0 heterocycles. The first-order valence-corrected chi connectivity index (χ1v) is 8.83. The third kappa shape index (κ3) is 3.82. The van der Waals surface area contributed by atoms with Gasteiger partial charge in [-0.2, -0.15) is 0 Å². The molecule has 0 spiro atoms. The SMILES string of the molecule is COc1ccc(CN(C)C(=O)NCC2(c3ccccc3C)CC2)cc1F. The topological polar surface area (TPSA) is 41.6 Å². The van der Waals surface area contributed by atoms with E-state index in [9.17, 15) is 9.18 Å². The average Bonchev–Trinajstić information content (AvgIpc) is 3.41. The van der Waals surface area contributed by atoms with Crippen LogP contribution >= 0.6 is 0 Å². The van der Waals surface area contributed by atoms with Crippen LogP contribution in [0.25, 0.3) is 0 Å². The van der Waals surface area contributed by atoms with Crippen LogP contribution < -0.4 is 10.1 Å². The molecule has 1 N–H and O–H groups in total. The Labute approximate surface area is 154 Å². The molecule has 5 heteroatoms. The summed E-state index contributed by atoms with van der Waals surface area (Å²) in [4.78, 5) is 14.0. The van der Waals surface area contributed by atoms with Crippen molar-refractivity contribution in [2.45, 2.75) is 31.7 Å². The van der Waals surface area contributed by atoms with Gasteiger partial charge in [-0.1, -0.05) is 30.3 Å². The Balaban J connectivity index is 1.58. The van der Waals surface area contributed by atoms with Gasteiger partial charge in [-0.25, -0.2) is 9.18 Å². The maximum atomic E-state index is 13.8. The minimum atomic E-state index is -0.421. The van der Waals surface area contributed by atoms with E-state index in [1.165, 1.54) is 24.3 Å². The summed E-state index contributed by atoms with van der Waals surface area (Å²) in [7, 11) is 3.14. The normalized spacial score (nSPS) is 14.6. The summed E-state index contributed by atoms with van der Waals surface area (Å²) in [6, 6.07) is 12.9. The number of benzene rings is 2. The predicted octanol–water partition coefficient (Wildman–Crippen LogP) is 4.02. The average molecular weight is 356 g/mol. The number of hydrogen-bond donors (Lipinski definition) is 1. The fraction of sp³-hybridized carbons (Fsp3) is 0.381. The summed E-state index contributed by atoms with van der Waals surface area (Å²) < 4.78 is 18.7. The van der Waals surface area contributed by atoms with Gasteiger partial charge in [0.05, 0.1) is 7.11 Å². The number of amides is 2. The number of methoxy groups -OCH3 is 1. The van der Waals surface area contributed by atoms with E-state index in [-0.39, 0.29) is 17.2 Å². The Kier molecular flexibility index (Phi) is 5.16. The molecule has 0 bridgehead atoms. The van der Waals surface area contributed by atoms with Crippen LogP contribution in [0.5, 0.6) is 5.75 Å². The Morgan fingerprint density at radius 3 is 2.62 bits per heavy atom. The van der Waals surface area contributed by atoms with Crippen molar-refractivity contribution in [1.82, 2.24) is 10.2 Å². The van der Waals surface area contributed by atoms with Crippen LogP contribution in [-0.4, -0.2) is 31.6 Å². The van der Waals surface area contributed by atoms with Crippen LogP contribution in [0.4, 0.5) is 9.18 Å². The van der Waals surface area contributed by atoms with Crippen LogP contribution in [0, 0.1) is 12.7 Å². The minimum Gasteiger partial charge on any atom is -0.494 e. The van der Waals surface area contributed by atoms with E-state index in [2.05, 4.69) is 30.4 Å². The zero-order chi connectivity index (χ0) is 18.7. The van der Waals surface area contributed by atoms with E-state index in [0.29, 0.717) is 13.1 Å². The number of urea groups is 1. The van der Waals surface area contributed by atoms with Crippen molar-refractivity contribution < 1.29 is 13.9 Å².